The van der Waals surface area contributed by atoms with Gasteiger partial charge in [-0.2, -0.15) is 5.10 Å². The number of nitrogens with zero attached hydrogens (tertiary/aromatic N) is 1. The molecule has 0 saturated carbocycles. The van der Waals surface area contributed by atoms with E-state index in [1.54, 1.807) is 6.92 Å². The van der Waals surface area contributed by atoms with Gasteiger partial charge in [0, 0.05) is 34.1 Å². The van der Waals surface area contributed by atoms with Gasteiger partial charge in [0.25, 0.3) is 0 Å². The Morgan fingerprint density at radius 1 is 1.16 bits per heavy atom. The summed E-state index contributed by atoms with van der Waals surface area (Å²) in [5.74, 6) is 4.13. The molecule has 0 aliphatic heterocycles. The van der Waals surface area contributed by atoms with E-state index in [0.29, 0.717) is 25.8 Å². The molecule has 0 fully saturated rings. The number of aromatic nitrogens is 2. The number of rotatable bonds is 6. The first kappa shape index (κ1) is 21.7. The zero-order valence-electron chi connectivity index (χ0n) is 18.3. The van der Waals surface area contributed by atoms with Gasteiger partial charge in [-0.1, -0.05) is 24.1 Å². The average Bonchev–Trinajstić information content (AvgIpc) is 3.23. The van der Waals surface area contributed by atoms with E-state index in [0.717, 1.165) is 28.2 Å². The number of hydrogen-bond donors (Lipinski definition) is 2. The SMILES string of the molecule is CC#CCNc1ccccc1-c1n[nH]c2c1CCC(c1c(F)c(OC)cc(OC)c1F)C2. The van der Waals surface area contributed by atoms with Gasteiger partial charge < -0.3 is 14.8 Å². The van der Waals surface area contributed by atoms with Crippen molar-refractivity contribution in [3.8, 4) is 34.6 Å². The van der Waals surface area contributed by atoms with Crippen molar-refractivity contribution in [3.05, 3.63) is 58.8 Å². The molecule has 32 heavy (non-hydrogen) atoms. The topological polar surface area (TPSA) is 59.2 Å². The third-order valence-corrected chi connectivity index (χ3v) is 5.89. The van der Waals surface area contributed by atoms with Crippen LogP contribution in [0.3, 0.4) is 0 Å². The van der Waals surface area contributed by atoms with Gasteiger partial charge in [0.15, 0.2) is 23.1 Å². The number of halogens is 2. The van der Waals surface area contributed by atoms with E-state index in [-0.39, 0.29) is 23.0 Å². The molecule has 0 spiro atoms. The lowest BCUT2D eigenvalue weighted by Crippen LogP contribution is -2.16. The molecule has 4 rings (SSSR count). The lowest BCUT2D eigenvalue weighted by molar-refractivity contribution is 0.347. The smallest absolute Gasteiger partial charge is 0.171 e. The molecule has 166 valence electrons. The molecule has 0 bridgehead atoms. The van der Waals surface area contributed by atoms with E-state index in [4.69, 9.17) is 9.47 Å². The summed E-state index contributed by atoms with van der Waals surface area (Å²) < 4.78 is 40.2. The van der Waals surface area contributed by atoms with Crippen molar-refractivity contribution in [2.24, 2.45) is 0 Å². The van der Waals surface area contributed by atoms with Gasteiger partial charge in [-0.25, -0.2) is 8.78 Å². The fourth-order valence-corrected chi connectivity index (χ4v) is 4.31. The van der Waals surface area contributed by atoms with Crippen molar-refractivity contribution < 1.29 is 18.3 Å². The zero-order chi connectivity index (χ0) is 22.7. The van der Waals surface area contributed by atoms with E-state index in [1.165, 1.54) is 20.3 Å². The predicted molar refractivity (Wildman–Crippen MR) is 120 cm³/mol. The highest BCUT2D eigenvalue weighted by Crippen LogP contribution is 2.42. The molecule has 0 radical (unpaired) electrons. The first-order chi connectivity index (χ1) is 15.6. The second-order valence-electron chi connectivity index (χ2n) is 7.62. The highest BCUT2D eigenvalue weighted by atomic mass is 19.1. The third kappa shape index (κ3) is 3.89. The van der Waals surface area contributed by atoms with Gasteiger partial charge in [0.1, 0.15) is 0 Å². The highest BCUT2D eigenvalue weighted by Gasteiger charge is 2.32. The number of aromatic amines is 1. The van der Waals surface area contributed by atoms with Crippen LogP contribution in [-0.2, 0) is 12.8 Å². The number of H-pyrrole nitrogens is 1. The second-order valence-corrected chi connectivity index (χ2v) is 7.62. The number of fused-ring (bicyclic) bond motifs is 1. The minimum Gasteiger partial charge on any atom is -0.494 e. The minimum absolute atomic E-state index is 0.00297. The molecular formula is C25H25F2N3O2. The first-order valence-electron chi connectivity index (χ1n) is 10.5. The number of methoxy groups -OCH3 is 2. The Hall–Kier alpha value is -3.53. The summed E-state index contributed by atoms with van der Waals surface area (Å²) in [4.78, 5) is 0. The fraction of sp³-hybridized carbons (Fsp3) is 0.320. The number of hydrogen-bond acceptors (Lipinski definition) is 4. The van der Waals surface area contributed by atoms with Gasteiger partial charge in [-0.3, -0.25) is 5.10 Å². The Morgan fingerprint density at radius 2 is 1.88 bits per heavy atom. The minimum atomic E-state index is -0.675. The summed E-state index contributed by atoms with van der Waals surface area (Å²) in [7, 11) is 2.72. The lowest BCUT2D eigenvalue weighted by atomic mass is 9.81. The standard InChI is InChI=1S/C25H25F2N3O2/c1-4-5-12-28-18-9-7-6-8-16(18)25-17-11-10-15(13-19(17)29-30-25)22-23(26)20(31-2)14-21(32-3)24(22)27/h6-9,14-15,28H,10-13H2,1-3H3,(H,29,30). The lowest BCUT2D eigenvalue weighted by Gasteiger charge is -2.25. The van der Waals surface area contributed by atoms with Gasteiger partial charge in [-0.15, -0.1) is 5.92 Å². The number of ether oxygens (including phenoxy) is 2. The van der Waals surface area contributed by atoms with Crippen molar-refractivity contribution in [1.82, 2.24) is 10.2 Å². The molecule has 0 amide bonds. The van der Waals surface area contributed by atoms with Crippen LogP contribution in [0.25, 0.3) is 11.3 Å². The maximum atomic E-state index is 15.0. The van der Waals surface area contributed by atoms with Crippen LogP contribution in [0.1, 0.15) is 36.1 Å². The molecule has 1 aliphatic carbocycles. The van der Waals surface area contributed by atoms with Crippen LogP contribution >= 0.6 is 0 Å². The monoisotopic (exact) mass is 437 g/mol. The number of nitrogens with one attached hydrogen (secondary N) is 2. The van der Waals surface area contributed by atoms with Crippen molar-refractivity contribution in [1.29, 1.82) is 0 Å². The van der Waals surface area contributed by atoms with Gasteiger partial charge in [0.2, 0.25) is 0 Å². The largest absolute Gasteiger partial charge is 0.494 e. The van der Waals surface area contributed by atoms with Gasteiger partial charge in [0.05, 0.1) is 26.5 Å². The van der Waals surface area contributed by atoms with Crippen LogP contribution in [0.4, 0.5) is 14.5 Å². The number of benzene rings is 2. The Kier molecular flexibility index (Phi) is 6.31. The molecule has 1 aliphatic rings. The summed E-state index contributed by atoms with van der Waals surface area (Å²) in [6, 6.07) is 9.17. The molecule has 1 atom stereocenters. The Balaban J connectivity index is 1.67. The molecule has 5 nitrogen and oxygen atoms in total. The summed E-state index contributed by atoms with van der Waals surface area (Å²) >= 11 is 0. The van der Waals surface area contributed by atoms with Gasteiger partial charge in [-0.05, 0) is 38.2 Å². The Bertz CT molecular complexity index is 1170. The van der Waals surface area contributed by atoms with Crippen LogP contribution in [0.5, 0.6) is 11.5 Å². The van der Waals surface area contributed by atoms with E-state index >= 15 is 8.78 Å². The third-order valence-electron chi connectivity index (χ3n) is 5.89. The molecule has 2 aromatic carbocycles. The maximum absolute atomic E-state index is 15.0. The van der Waals surface area contributed by atoms with E-state index in [1.807, 2.05) is 24.3 Å². The normalized spacial score (nSPS) is 14.8. The Labute approximate surface area is 186 Å². The maximum Gasteiger partial charge on any atom is 0.171 e. The molecule has 1 heterocycles. The van der Waals surface area contributed by atoms with Crippen LogP contribution in [0, 0.1) is 23.5 Å². The summed E-state index contributed by atoms with van der Waals surface area (Å²) in [6.45, 7) is 2.34. The van der Waals surface area contributed by atoms with Crippen LogP contribution < -0.4 is 14.8 Å². The highest BCUT2D eigenvalue weighted by molar-refractivity contribution is 5.78. The molecule has 1 unspecified atom stereocenters. The van der Waals surface area contributed by atoms with Crippen LogP contribution in [0.15, 0.2) is 30.3 Å². The van der Waals surface area contributed by atoms with Crippen molar-refractivity contribution in [2.75, 3.05) is 26.1 Å². The Morgan fingerprint density at radius 3 is 2.56 bits per heavy atom. The molecule has 7 heteroatoms. The number of para-hydroxylation sites is 1. The van der Waals surface area contributed by atoms with Crippen molar-refractivity contribution >= 4 is 5.69 Å². The van der Waals surface area contributed by atoms with Crippen molar-refractivity contribution in [2.45, 2.75) is 32.1 Å². The van der Waals surface area contributed by atoms with E-state index in [9.17, 15) is 0 Å². The van der Waals surface area contributed by atoms with E-state index < -0.39 is 11.6 Å². The second kappa shape index (κ2) is 9.31. The first-order valence-corrected chi connectivity index (χ1v) is 10.5. The summed E-state index contributed by atoms with van der Waals surface area (Å²) in [6.07, 6.45) is 1.68. The number of anilines is 1. The average molecular weight is 437 g/mol. The zero-order valence-corrected chi connectivity index (χ0v) is 18.3. The molecule has 1 aromatic heterocycles. The van der Waals surface area contributed by atoms with E-state index in [2.05, 4.69) is 27.4 Å². The summed E-state index contributed by atoms with van der Waals surface area (Å²) in [5.41, 5.74) is 4.74. The predicted octanol–water partition coefficient (Wildman–Crippen LogP) is 5.08. The summed E-state index contributed by atoms with van der Waals surface area (Å²) in [5, 5.41) is 11.0. The van der Waals surface area contributed by atoms with Crippen LogP contribution in [-0.4, -0.2) is 31.0 Å². The molecule has 3 aromatic rings. The molecular weight excluding hydrogens is 412 g/mol. The fourth-order valence-electron chi connectivity index (χ4n) is 4.31. The van der Waals surface area contributed by atoms with Gasteiger partial charge >= 0.3 is 0 Å². The molecule has 0 saturated heterocycles. The van der Waals surface area contributed by atoms with Crippen LogP contribution in [0.2, 0.25) is 0 Å². The van der Waals surface area contributed by atoms with Crippen molar-refractivity contribution in [3.63, 3.8) is 0 Å². The quantitative estimate of drug-likeness (QED) is 0.528. The molecule has 2 N–H and O–H groups in total.